The number of amides is 2. The molecule has 136 valence electrons. The molecule has 0 saturated carbocycles. The summed E-state index contributed by atoms with van der Waals surface area (Å²) in [4.78, 5) is 23.6. The molecule has 2 amide bonds. The molecule has 0 atom stereocenters. The monoisotopic (exact) mass is 499 g/mol. The van der Waals surface area contributed by atoms with Gasteiger partial charge in [-0.15, -0.1) is 0 Å². The third-order valence-corrected chi connectivity index (χ3v) is 4.35. The van der Waals surface area contributed by atoms with Crippen molar-refractivity contribution in [1.82, 2.24) is 16.2 Å². The topological polar surface area (TPSA) is 79.5 Å². The van der Waals surface area contributed by atoms with E-state index >= 15 is 0 Å². The Bertz CT molecular complexity index is 803. The van der Waals surface area contributed by atoms with Crippen molar-refractivity contribution in [3.63, 3.8) is 0 Å². The van der Waals surface area contributed by atoms with E-state index in [0.29, 0.717) is 5.75 Å². The number of nitrogens with one attached hydrogen (secondary N) is 3. The van der Waals surface area contributed by atoms with Crippen molar-refractivity contribution < 1.29 is 14.3 Å². The molecule has 6 nitrogen and oxygen atoms in total. The van der Waals surface area contributed by atoms with Gasteiger partial charge in [-0.2, -0.15) is 0 Å². The molecular weight excluding hydrogens is 486 g/mol. The number of benzene rings is 2. The number of carbonyl (C=O) groups excluding carboxylic acids is 2. The van der Waals surface area contributed by atoms with Crippen LogP contribution in [0.5, 0.6) is 5.75 Å². The van der Waals surface area contributed by atoms with E-state index in [1.54, 1.807) is 12.1 Å². The molecule has 0 spiro atoms. The Balaban J connectivity index is 1.69. The number of rotatable bonds is 5. The van der Waals surface area contributed by atoms with Gasteiger partial charge in [-0.05, 0) is 51.9 Å². The van der Waals surface area contributed by atoms with Gasteiger partial charge in [-0.1, -0.05) is 46.3 Å². The first-order valence-corrected chi connectivity index (χ1v) is 9.44. The Morgan fingerprint density at radius 2 is 1.73 bits per heavy atom. The lowest BCUT2D eigenvalue weighted by Gasteiger charge is -2.12. The minimum Gasteiger partial charge on any atom is -0.483 e. The second-order valence-corrected chi connectivity index (χ2v) is 7.25. The summed E-state index contributed by atoms with van der Waals surface area (Å²) in [5.74, 6) is -0.195. The molecule has 0 aliphatic heterocycles. The Hall–Kier alpha value is -1.97. The maximum Gasteiger partial charge on any atom is 0.276 e. The first-order valence-electron chi connectivity index (χ1n) is 7.44. The zero-order valence-corrected chi connectivity index (χ0v) is 17.4. The maximum atomic E-state index is 11.9. The highest BCUT2D eigenvalue weighted by Gasteiger charge is 2.08. The molecule has 0 saturated heterocycles. The summed E-state index contributed by atoms with van der Waals surface area (Å²) in [7, 11) is 0. The molecule has 2 aromatic carbocycles. The second kappa shape index (κ2) is 10.2. The lowest BCUT2D eigenvalue weighted by Crippen LogP contribution is -2.49. The number of halogens is 2. The van der Waals surface area contributed by atoms with Crippen LogP contribution in [-0.4, -0.2) is 23.5 Å². The summed E-state index contributed by atoms with van der Waals surface area (Å²) < 4.78 is 7.00. The highest BCUT2D eigenvalue weighted by Crippen LogP contribution is 2.27. The van der Waals surface area contributed by atoms with Crippen LogP contribution in [-0.2, 0) is 16.0 Å². The third-order valence-electron chi connectivity index (χ3n) is 3.03. The quantitative estimate of drug-likeness (QED) is 0.434. The van der Waals surface area contributed by atoms with Crippen LogP contribution >= 0.6 is 44.1 Å². The Kier molecular flexibility index (Phi) is 8.02. The van der Waals surface area contributed by atoms with Gasteiger partial charge in [0.1, 0.15) is 5.75 Å². The molecule has 0 aliphatic carbocycles. The molecule has 0 aromatic heterocycles. The molecule has 3 N–H and O–H groups in total. The minimum absolute atomic E-state index is 0.00380. The zero-order valence-electron chi connectivity index (χ0n) is 13.4. The van der Waals surface area contributed by atoms with Gasteiger partial charge in [-0.25, -0.2) is 0 Å². The first kappa shape index (κ1) is 20.3. The summed E-state index contributed by atoms with van der Waals surface area (Å²) in [5.41, 5.74) is 5.68. The molecule has 0 radical (unpaired) electrons. The molecule has 0 unspecified atom stereocenters. The number of ether oxygens (including phenoxy) is 1. The summed E-state index contributed by atoms with van der Waals surface area (Å²) in [6.07, 6.45) is 0.192. The molecule has 0 bridgehead atoms. The molecule has 0 fully saturated rings. The minimum atomic E-state index is -0.445. The largest absolute Gasteiger partial charge is 0.483 e. The second-order valence-electron chi connectivity index (χ2n) is 5.08. The third kappa shape index (κ3) is 7.11. The number of hydrogen-bond donors (Lipinski definition) is 3. The summed E-state index contributed by atoms with van der Waals surface area (Å²) in [6, 6.07) is 14.6. The van der Waals surface area contributed by atoms with Gasteiger partial charge in [0.25, 0.3) is 5.91 Å². The molecule has 0 heterocycles. The lowest BCUT2D eigenvalue weighted by atomic mass is 10.1. The van der Waals surface area contributed by atoms with Crippen LogP contribution < -0.4 is 20.9 Å². The number of hydrazine groups is 1. The van der Waals surface area contributed by atoms with E-state index in [-0.39, 0.29) is 24.0 Å². The fourth-order valence-electron chi connectivity index (χ4n) is 1.88. The van der Waals surface area contributed by atoms with Crippen molar-refractivity contribution in [2.75, 3.05) is 6.61 Å². The summed E-state index contributed by atoms with van der Waals surface area (Å²) in [5, 5.41) is 2.49. The van der Waals surface area contributed by atoms with Crippen LogP contribution in [0.3, 0.4) is 0 Å². The molecule has 2 aromatic rings. The van der Waals surface area contributed by atoms with Crippen molar-refractivity contribution in [2.45, 2.75) is 6.42 Å². The van der Waals surface area contributed by atoms with Gasteiger partial charge in [0.05, 0.1) is 10.9 Å². The van der Waals surface area contributed by atoms with Gasteiger partial charge >= 0.3 is 0 Å². The maximum absolute atomic E-state index is 11.9. The molecule has 26 heavy (non-hydrogen) atoms. The van der Waals surface area contributed by atoms with E-state index in [0.717, 1.165) is 14.5 Å². The summed E-state index contributed by atoms with van der Waals surface area (Å²) in [6.45, 7) is -0.214. The molecule has 0 aliphatic rings. The summed E-state index contributed by atoms with van der Waals surface area (Å²) >= 11 is 11.6. The van der Waals surface area contributed by atoms with Gasteiger partial charge in [0, 0.05) is 4.47 Å². The average molecular weight is 501 g/mol. The van der Waals surface area contributed by atoms with Gasteiger partial charge in [0.2, 0.25) is 5.91 Å². The van der Waals surface area contributed by atoms with Crippen molar-refractivity contribution >= 4 is 61.0 Å². The Morgan fingerprint density at radius 1 is 1.00 bits per heavy atom. The van der Waals surface area contributed by atoms with E-state index in [9.17, 15) is 9.59 Å². The van der Waals surface area contributed by atoms with E-state index in [1.807, 2.05) is 36.4 Å². The van der Waals surface area contributed by atoms with E-state index in [4.69, 9.17) is 17.0 Å². The highest BCUT2D eigenvalue weighted by molar-refractivity contribution is 9.11. The molecule has 9 heteroatoms. The van der Waals surface area contributed by atoms with E-state index in [1.165, 1.54) is 0 Å². The van der Waals surface area contributed by atoms with Crippen LogP contribution in [0.25, 0.3) is 0 Å². The fraction of sp³-hybridized carbons (Fsp3) is 0.118. The van der Waals surface area contributed by atoms with Crippen molar-refractivity contribution in [1.29, 1.82) is 0 Å². The number of hydrogen-bond acceptors (Lipinski definition) is 4. The molecular formula is C17H15Br2N3O3S. The normalized spacial score (nSPS) is 9.92. The van der Waals surface area contributed by atoms with Crippen LogP contribution in [0.2, 0.25) is 0 Å². The Labute approximate surface area is 172 Å². The number of carbonyl (C=O) groups is 2. The van der Waals surface area contributed by atoms with Crippen molar-refractivity contribution in [3.8, 4) is 5.75 Å². The van der Waals surface area contributed by atoms with Gasteiger partial charge in [-0.3, -0.25) is 20.4 Å². The van der Waals surface area contributed by atoms with Crippen molar-refractivity contribution in [2.24, 2.45) is 0 Å². The smallest absolute Gasteiger partial charge is 0.276 e. The predicted molar refractivity (Wildman–Crippen MR) is 110 cm³/mol. The van der Waals surface area contributed by atoms with Crippen LogP contribution in [0.4, 0.5) is 0 Å². The van der Waals surface area contributed by atoms with Crippen LogP contribution in [0, 0.1) is 0 Å². The fourth-order valence-corrected chi connectivity index (χ4v) is 3.21. The zero-order chi connectivity index (χ0) is 18.9. The number of thiocarbonyl (C=S) groups is 1. The van der Waals surface area contributed by atoms with E-state index in [2.05, 4.69) is 48.0 Å². The van der Waals surface area contributed by atoms with Gasteiger partial charge < -0.3 is 10.1 Å². The van der Waals surface area contributed by atoms with Crippen LogP contribution in [0.1, 0.15) is 5.56 Å². The SMILES string of the molecule is O=C(COc1ccc(Br)cc1Br)NNC(=S)NC(=O)Cc1ccccc1. The first-order chi connectivity index (χ1) is 12.4. The van der Waals surface area contributed by atoms with Gasteiger partial charge in [0.15, 0.2) is 11.7 Å². The molecule has 2 rings (SSSR count). The average Bonchev–Trinajstić information content (AvgIpc) is 2.60. The van der Waals surface area contributed by atoms with E-state index < -0.39 is 5.91 Å². The lowest BCUT2D eigenvalue weighted by molar-refractivity contribution is -0.124. The Morgan fingerprint density at radius 3 is 2.42 bits per heavy atom. The standard InChI is InChI=1S/C17H15Br2N3O3S/c18-12-6-7-14(13(19)9-12)25-10-16(24)21-22-17(26)20-15(23)8-11-4-2-1-3-5-11/h1-7,9H,8,10H2,(H,21,24)(H2,20,22,23,26). The van der Waals surface area contributed by atoms with Crippen LogP contribution in [0.15, 0.2) is 57.5 Å². The van der Waals surface area contributed by atoms with Crippen molar-refractivity contribution in [3.05, 3.63) is 63.0 Å². The highest BCUT2D eigenvalue weighted by atomic mass is 79.9. The predicted octanol–water partition coefficient (Wildman–Crippen LogP) is 2.86.